The Morgan fingerprint density at radius 1 is 0.397 bits per heavy atom. The smallest absolute Gasteiger partial charge is 0.238 e. The van der Waals surface area contributed by atoms with Gasteiger partial charge in [0.25, 0.3) is 0 Å². The van der Waals surface area contributed by atoms with Crippen molar-refractivity contribution in [3.8, 4) is 45.0 Å². The van der Waals surface area contributed by atoms with Crippen molar-refractivity contribution in [2.75, 3.05) is 4.90 Å². The van der Waals surface area contributed by atoms with E-state index in [1.165, 1.54) is 44.5 Å². The standard InChI is InChI=1S/C57H40N4O2/c1-56(2)44-19-10-6-17-40(44)52-45(56)20-13-21-47(52)61(35-26-27-37-36-14-5-9-18-43(36)57(3,4)46(37)32-35)55-59-53(33-24-28-50-41(30-33)38-15-7-11-22-48(38)62-50)58-54(60-55)34-25-29-51-42(31-34)39-16-8-12-23-49(39)63-51/h5-32H,1-4H3. The van der Waals surface area contributed by atoms with Crippen molar-refractivity contribution in [1.29, 1.82) is 0 Å². The lowest BCUT2D eigenvalue weighted by Crippen LogP contribution is -2.19. The van der Waals surface area contributed by atoms with E-state index in [1.807, 2.05) is 48.5 Å². The van der Waals surface area contributed by atoms with Crippen molar-refractivity contribution < 1.29 is 8.83 Å². The zero-order valence-corrected chi connectivity index (χ0v) is 35.3. The van der Waals surface area contributed by atoms with Crippen LogP contribution in [0.1, 0.15) is 49.9 Å². The molecule has 8 aromatic carbocycles. The molecule has 0 spiro atoms. The highest BCUT2D eigenvalue weighted by atomic mass is 16.3. The van der Waals surface area contributed by atoms with Crippen LogP contribution in [0.2, 0.25) is 0 Å². The Kier molecular flexibility index (Phi) is 7.32. The van der Waals surface area contributed by atoms with Crippen LogP contribution in [0.4, 0.5) is 17.3 Å². The summed E-state index contributed by atoms with van der Waals surface area (Å²) < 4.78 is 12.6. The van der Waals surface area contributed by atoms with Gasteiger partial charge in [0.15, 0.2) is 11.6 Å². The van der Waals surface area contributed by atoms with Crippen LogP contribution in [0.25, 0.3) is 88.9 Å². The normalized spacial score (nSPS) is 14.3. The van der Waals surface area contributed by atoms with Crippen molar-refractivity contribution in [3.05, 3.63) is 192 Å². The number of nitrogens with zero attached hydrogens (tertiary/aromatic N) is 4. The van der Waals surface area contributed by atoms with Gasteiger partial charge in [0, 0.05) is 54.8 Å². The van der Waals surface area contributed by atoms with Crippen LogP contribution in [0.5, 0.6) is 0 Å². The van der Waals surface area contributed by atoms with Gasteiger partial charge in [-0.15, -0.1) is 0 Å². The maximum absolute atomic E-state index is 6.28. The molecule has 0 saturated carbocycles. The summed E-state index contributed by atoms with van der Waals surface area (Å²) in [6, 6.07) is 59.9. The van der Waals surface area contributed by atoms with Crippen molar-refractivity contribution in [1.82, 2.24) is 15.0 Å². The largest absolute Gasteiger partial charge is 0.456 e. The van der Waals surface area contributed by atoms with Crippen LogP contribution < -0.4 is 4.90 Å². The van der Waals surface area contributed by atoms with Crippen molar-refractivity contribution in [2.24, 2.45) is 0 Å². The Morgan fingerprint density at radius 3 is 1.56 bits per heavy atom. The fourth-order valence-electron chi connectivity index (χ4n) is 10.6. The lowest BCUT2D eigenvalue weighted by Gasteiger charge is -2.29. The third kappa shape index (κ3) is 5.15. The van der Waals surface area contributed by atoms with Gasteiger partial charge < -0.3 is 8.83 Å². The van der Waals surface area contributed by atoms with E-state index in [4.69, 9.17) is 23.8 Å². The number of hydrogen-bond acceptors (Lipinski definition) is 6. The van der Waals surface area contributed by atoms with Gasteiger partial charge in [-0.1, -0.05) is 131 Å². The molecule has 13 rings (SSSR count). The third-order valence-electron chi connectivity index (χ3n) is 13.7. The molecular weight excluding hydrogens is 773 g/mol. The minimum Gasteiger partial charge on any atom is -0.456 e. The number of aromatic nitrogens is 3. The van der Waals surface area contributed by atoms with Crippen LogP contribution >= 0.6 is 0 Å². The van der Waals surface area contributed by atoms with Crippen LogP contribution in [0.3, 0.4) is 0 Å². The molecule has 63 heavy (non-hydrogen) atoms. The molecule has 0 N–H and O–H groups in total. The van der Waals surface area contributed by atoms with E-state index in [2.05, 4.69) is 154 Å². The molecule has 3 heterocycles. The van der Waals surface area contributed by atoms with Crippen LogP contribution in [0, 0.1) is 0 Å². The number of hydrogen-bond donors (Lipinski definition) is 0. The quantitative estimate of drug-likeness (QED) is 0.172. The fraction of sp³-hybridized carbons (Fsp3) is 0.105. The summed E-state index contributed by atoms with van der Waals surface area (Å²) in [4.78, 5) is 18.6. The number of para-hydroxylation sites is 2. The van der Waals surface area contributed by atoms with Gasteiger partial charge in [-0.05, 0) is 106 Å². The van der Waals surface area contributed by atoms with E-state index in [0.29, 0.717) is 17.6 Å². The van der Waals surface area contributed by atoms with E-state index in [0.717, 1.165) is 66.4 Å². The van der Waals surface area contributed by atoms with Gasteiger partial charge in [0.2, 0.25) is 5.95 Å². The van der Waals surface area contributed by atoms with Crippen LogP contribution in [0.15, 0.2) is 179 Å². The lowest BCUT2D eigenvalue weighted by atomic mass is 9.82. The highest BCUT2D eigenvalue weighted by Crippen LogP contribution is 2.55. The molecule has 0 fully saturated rings. The zero-order valence-electron chi connectivity index (χ0n) is 35.3. The summed E-state index contributed by atoms with van der Waals surface area (Å²) in [7, 11) is 0. The highest BCUT2D eigenvalue weighted by molar-refractivity contribution is 6.07. The van der Waals surface area contributed by atoms with Crippen molar-refractivity contribution in [2.45, 2.75) is 38.5 Å². The SMILES string of the molecule is CC1(C)c2ccccc2-c2ccc(N(c3nc(-c4ccc5oc6ccccc6c5c4)nc(-c4ccc5oc6ccccc6c5c4)n3)c3cccc4c3-c3ccccc3C4(C)C)cc21. The van der Waals surface area contributed by atoms with E-state index < -0.39 is 0 Å². The summed E-state index contributed by atoms with van der Waals surface area (Å²) in [5, 5.41) is 4.11. The summed E-state index contributed by atoms with van der Waals surface area (Å²) in [5.74, 6) is 1.64. The van der Waals surface area contributed by atoms with Crippen LogP contribution in [-0.2, 0) is 10.8 Å². The van der Waals surface area contributed by atoms with E-state index in [-0.39, 0.29) is 10.8 Å². The van der Waals surface area contributed by atoms with E-state index >= 15 is 0 Å². The van der Waals surface area contributed by atoms with E-state index in [9.17, 15) is 0 Å². The second kappa shape index (κ2) is 12.8. The van der Waals surface area contributed by atoms with Gasteiger partial charge in [0.05, 0.1) is 5.69 Å². The van der Waals surface area contributed by atoms with Crippen molar-refractivity contribution in [3.63, 3.8) is 0 Å². The molecule has 3 aromatic heterocycles. The molecule has 0 aliphatic heterocycles. The molecule has 0 unspecified atom stereocenters. The minimum atomic E-state index is -0.220. The molecule has 2 aliphatic rings. The Bertz CT molecular complexity index is 3590. The van der Waals surface area contributed by atoms with E-state index in [1.54, 1.807) is 0 Å². The van der Waals surface area contributed by atoms with Gasteiger partial charge in [-0.2, -0.15) is 9.97 Å². The van der Waals surface area contributed by atoms with Crippen molar-refractivity contribution >= 4 is 61.2 Å². The molecule has 300 valence electrons. The lowest BCUT2D eigenvalue weighted by molar-refractivity contribution is 0.660. The topological polar surface area (TPSA) is 68.2 Å². The average Bonchev–Trinajstić information content (AvgIpc) is 4.01. The summed E-state index contributed by atoms with van der Waals surface area (Å²) in [6.45, 7) is 9.31. The molecule has 0 saturated heterocycles. The van der Waals surface area contributed by atoms with Gasteiger partial charge in [0.1, 0.15) is 22.3 Å². The maximum atomic E-state index is 6.28. The first-order chi connectivity index (χ1) is 30.7. The molecule has 0 amide bonds. The van der Waals surface area contributed by atoms with Gasteiger partial charge in [-0.3, -0.25) is 4.90 Å². The second-order valence-corrected chi connectivity index (χ2v) is 18.0. The number of fused-ring (bicyclic) bond motifs is 12. The first kappa shape index (κ1) is 35.9. The number of furan rings is 2. The zero-order chi connectivity index (χ0) is 42.2. The predicted octanol–water partition coefficient (Wildman–Crippen LogP) is 15.1. The molecule has 11 aromatic rings. The monoisotopic (exact) mass is 812 g/mol. The Morgan fingerprint density at radius 2 is 0.905 bits per heavy atom. The predicted molar refractivity (Wildman–Crippen MR) is 255 cm³/mol. The molecular formula is C57H40N4O2. The first-order valence-corrected chi connectivity index (χ1v) is 21.6. The Labute approximate surface area is 364 Å². The molecule has 0 bridgehead atoms. The molecule has 6 nitrogen and oxygen atoms in total. The summed E-state index contributed by atoms with van der Waals surface area (Å²) in [6.07, 6.45) is 0. The number of anilines is 3. The maximum Gasteiger partial charge on any atom is 0.238 e. The molecule has 2 aliphatic carbocycles. The molecule has 0 atom stereocenters. The highest BCUT2D eigenvalue weighted by Gasteiger charge is 2.40. The fourth-order valence-corrected chi connectivity index (χ4v) is 10.6. The number of rotatable bonds is 5. The van der Waals surface area contributed by atoms with Gasteiger partial charge in [-0.25, -0.2) is 4.98 Å². The number of benzene rings is 8. The minimum absolute atomic E-state index is 0.212. The third-order valence-corrected chi connectivity index (χ3v) is 13.7. The Balaban J connectivity index is 1.10. The average molecular weight is 813 g/mol. The first-order valence-electron chi connectivity index (χ1n) is 21.6. The summed E-state index contributed by atoms with van der Waals surface area (Å²) >= 11 is 0. The molecule has 0 radical (unpaired) electrons. The molecule has 6 heteroatoms. The second-order valence-electron chi connectivity index (χ2n) is 18.0. The Hall–Kier alpha value is -7.83. The van der Waals surface area contributed by atoms with Gasteiger partial charge >= 0.3 is 0 Å². The van der Waals surface area contributed by atoms with Crippen LogP contribution in [-0.4, -0.2) is 15.0 Å². The summed E-state index contributed by atoms with van der Waals surface area (Å²) in [5.41, 5.74) is 16.7.